The third-order valence-electron chi connectivity index (χ3n) is 4.79. The van der Waals surface area contributed by atoms with Gasteiger partial charge in [-0.15, -0.1) is 0 Å². The van der Waals surface area contributed by atoms with Crippen LogP contribution in [-0.2, 0) is 24.1 Å². The number of nitrogens with one attached hydrogen (secondary N) is 1. The monoisotopic (exact) mass is 462 g/mol. The molecule has 0 aliphatic carbocycles. The number of amides is 1. The largest absolute Gasteiger partial charge is 0.417 e. The SMILES string of the molecule is Cc1cc(C(F)(F)F)c2c(C)nn(CC(=O)Nc3ccc(Cn4cc(Cl)cn4)cc3)c2n1. The zero-order valence-electron chi connectivity index (χ0n) is 17.1. The van der Waals surface area contributed by atoms with Gasteiger partial charge in [-0.05, 0) is 37.6 Å². The zero-order chi connectivity index (χ0) is 23.0. The number of carbonyl (C=O) groups excluding carboxylic acids is 1. The Hall–Kier alpha value is -3.40. The van der Waals surface area contributed by atoms with Gasteiger partial charge in [0, 0.05) is 17.6 Å². The predicted octanol–water partition coefficient (Wildman–Crippen LogP) is 4.60. The number of hydrogen-bond donors (Lipinski definition) is 1. The van der Waals surface area contributed by atoms with Crippen LogP contribution in [0.5, 0.6) is 0 Å². The van der Waals surface area contributed by atoms with Gasteiger partial charge in [0.25, 0.3) is 0 Å². The van der Waals surface area contributed by atoms with Crippen LogP contribution in [0.3, 0.4) is 0 Å². The Labute approximate surface area is 185 Å². The van der Waals surface area contributed by atoms with Gasteiger partial charge >= 0.3 is 6.18 Å². The summed E-state index contributed by atoms with van der Waals surface area (Å²) in [6, 6.07) is 8.11. The lowest BCUT2D eigenvalue weighted by atomic mass is 10.1. The minimum Gasteiger partial charge on any atom is -0.324 e. The van der Waals surface area contributed by atoms with E-state index >= 15 is 0 Å². The van der Waals surface area contributed by atoms with E-state index in [2.05, 4.69) is 20.5 Å². The van der Waals surface area contributed by atoms with E-state index in [9.17, 15) is 18.0 Å². The van der Waals surface area contributed by atoms with Crippen molar-refractivity contribution in [3.05, 3.63) is 70.3 Å². The third kappa shape index (κ3) is 4.59. The van der Waals surface area contributed by atoms with Crippen molar-refractivity contribution in [1.29, 1.82) is 0 Å². The van der Waals surface area contributed by atoms with E-state index in [1.807, 2.05) is 12.1 Å². The van der Waals surface area contributed by atoms with Gasteiger partial charge in [0.15, 0.2) is 5.65 Å². The molecule has 0 aliphatic rings. The quantitative estimate of drug-likeness (QED) is 0.470. The van der Waals surface area contributed by atoms with Gasteiger partial charge in [-0.1, -0.05) is 23.7 Å². The lowest BCUT2D eigenvalue weighted by Crippen LogP contribution is -2.20. The summed E-state index contributed by atoms with van der Waals surface area (Å²) in [5, 5.41) is 11.4. The molecule has 0 atom stereocenters. The maximum Gasteiger partial charge on any atom is 0.417 e. The number of aryl methyl sites for hydroxylation is 2. The molecule has 3 heterocycles. The molecule has 7 nitrogen and oxygen atoms in total. The normalized spacial score (nSPS) is 11.8. The van der Waals surface area contributed by atoms with E-state index in [4.69, 9.17) is 11.6 Å². The predicted molar refractivity (Wildman–Crippen MR) is 113 cm³/mol. The van der Waals surface area contributed by atoms with Crippen LogP contribution in [0.1, 0.15) is 22.5 Å². The lowest BCUT2D eigenvalue weighted by molar-refractivity contribution is -0.136. The number of rotatable bonds is 5. The maximum absolute atomic E-state index is 13.5. The second-order valence-corrected chi connectivity index (χ2v) is 7.79. The summed E-state index contributed by atoms with van der Waals surface area (Å²) in [5.41, 5.74) is 1.08. The van der Waals surface area contributed by atoms with Gasteiger partial charge in [-0.3, -0.25) is 9.48 Å². The molecule has 0 bridgehead atoms. The molecular weight excluding hydrogens is 445 g/mol. The summed E-state index contributed by atoms with van der Waals surface area (Å²) >= 11 is 5.85. The highest BCUT2D eigenvalue weighted by Gasteiger charge is 2.35. The Morgan fingerprint density at radius 3 is 2.53 bits per heavy atom. The topological polar surface area (TPSA) is 77.6 Å². The lowest BCUT2D eigenvalue weighted by Gasteiger charge is -2.10. The fraction of sp³-hybridized carbons (Fsp3) is 0.238. The van der Waals surface area contributed by atoms with E-state index in [1.54, 1.807) is 29.2 Å². The number of nitrogens with zero attached hydrogens (tertiary/aromatic N) is 5. The standard InChI is InChI=1S/C21H18ClF3N6O/c1-12-7-17(21(23,24)25)19-13(2)29-31(20(19)27-12)11-18(32)28-16-5-3-14(4-6-16)9-30-10-15(22)8-26-30/h3-8,10H,9,11H2,1-2H3,(H,28,32). The molecule has 0 radical (unpaired) electrons. The van der Waals surface area contributed by atoms with Gasteiger partial charge in [0.05, 0.1) is 34.4 Å². The van der Waals surface area contributed by atoms with Crippen LogP contribution in [0, 0.1) is 13.8 Å². The summed E-state index contributed by atoms with van der Waals surface area (Å²) < 4.78 is 43.2. The number of pyridine rings is 1. The molecule has 3 aromatic heterocycles. The molecular formula is C21H18ClF3N6O. The summed E-state index contributed by atoms with van der Waals surface area (Å²) in [5.74, 6) is -0.433. The van der Waals surface area contributed by atoms with E-state index in [1.165, 1.54) is 18.5 Å². The third-order valence-corrected chi connectivity index (χ3v) is 4.98. The van der Waals surface area contributed by atoms with Crippen LogP contribution in [0.4, 0.5) is 18.9 Å². The molecule has 0 saturated heterocycles. The molecule has 4 rings (SSSR count). The number of anilines is 1. The first-order chi connectivity index (χ1) is 15.1. The second kappa shape index (κ2) is 8.27. The molecule has 4 aromatic rings. The summed E-state index contributed by atoms with van der Waals surface area (Å²) in [4.78, 5) is 16.7. The zero-order valence-corrected chi connectivity index (χ0v) is 17.9. The van der Waals surface area contributed by atoms with Crippen molar-refractivity contribution in [2.24, 2.45) is 0 Å². The molecule has 0 spiro atoms. The number of halogens is 4. The highest BCUT2D eigenvalue weighted by atomic mass is 35.5. The van der Waals surface area contributed by atoms with Crippen LogP contribution < -0.4 is 5.32 Å². The van der Waals surface area contributed by atoms with Crippen molar-refractivity contribution in [3.63, 3.8) is 0 Å². The molecule has 1 amide bonds. The average Bonchev–Trinajstić information content (AvgIpc) is 3.25. The van der Waals surface area contributed by atoms with Gasteiger partial charge in [0.1, 0.15) is 6.54 Å². The first kappa shape index (κ1) is 21.8. The first-order valence-corrected chi connectivity index (χ1v) is 9.96. The van der Waals surface area contributed by atoms with Crippen molar-refractivity contribution < 1.29 is 18.0 Å². The molecule has 1 N–H and O–H groups in total. The number of alkyl halides is 3. The molecule has 32 heavy (non-hydrogen) atoms. The van der Waals surface area contributed by atoms with Crippen molar-refractivity contribution in [2.75, 3.05) is 5.32 Å². The van der Waals surface area contributed by atoms with Crippen molar-refractivity contribution >= 4 is 34.2 Å². The Kier molecular flexibility index (Phi) is 5.64. The van der Waals surface area contributed by atoms with Crippen LogP contribution in [0.2, 0.25) is 5.02 Å². The molecule has 11 heteroatoms. The molecule has 0 fully saturated rings. The second-order valence-electron chi connectivity index (χ2n) is 7.35. The Bertz CT molecular complexity index is 1290. The summed E-state index contributed by atoms with van der Waals surface area (Å²) in [6.07, 6.45) is -1.30. The van der Waals surface area contributed by atoms with Crippen molar-refractivity contribution in [3.8, 4) is 0 Å². The van der Waals surface area contributed by atoms with Gasteiger partial charge in [0.2, 0.25) is 5.91 Å². The minimum atomic E-state index is -4.55. The Morgan fingerprint density at radius 2 is 1.91 bits per heavy atom. The molecule has 0 unspecified atom stereocenters. The molecule has 1 aromatic carbocycles. The highest BCUT2D eigenvalue weighted by Crippen LogP contribution is 2.36. The smallest absolute Gasteiger partial charge is 0.324 e. The Morgan fingerprint density at radius 1 is 1.19 bits per heavy atom. The average molecular weight is 463 g/mol. The van der Waals surface area contributed by atoms with Crippen molar-refractivity contribution in [1.82, 2.24) is 24.5 Å². The minimum absolute atomic E-state index is 0.0261. The van der Waals surface area contributed by atoms with Crippen LogP contribution >= 0.6 is 11.6 Å². The molecule has 166 valence electrons. The number of carbonyl (C=O) groups is 1. The van der Waals surface area contributed by atoms with E-state index in [0.29, 0.717) is 17.3 Å². The summed E-state index contributed by atoms with van der Waals surface area (Å²) in [7, 11) is 0. The van der Waals surface area contributed by atoms with Gasteiger partial charge in [-0.25, -0.2) is 9.67 Å². The molecule has 0 saturated carbocycles. The molecule has 0 aliphatic heterocycles. The number of benzene rings is 1. The number of aromatic nitrogens is 5. The van der Waals surface area contributed by atoms with Gasteiger partial charge < -0.3 is 5.32 Å². The number of hydrogen-bond acceptors (Lipinski definition) is 4. The first-order valence-electron chi connectivity index (χ1n) is 9.59. The van der Waals surface area contributed by atoms with Crippen LogP contribution in [-0.4, -0.2) is 30.5 Å². The van der Waals surface area contributed by atoms with Gasteiger partial charge in [-0.2, -0.15) is 23.4 Å². The number of fused-ring (bicyclic) bond motifs is 1. The fourth-order valence-corrected chi connectivity index (χ4v) is 3.61. The highest BCUT2D eigenvalue weighted by molar-refractivity contribution is 6.30. The van der Waals surface area contributed by atoms with E-state index in [0.717, 1.165) is 11.6 Å². The summed E-state index contributed by atoms with van der Waals surface area (Å²) in [6.45, 7) is 3.19. The van der Waals surface area contributed by atoms with Crippen LogP contribution in [0.25, 0.3) is 11.0 Å². The van der Waals surface area contributed by atoms with E-state index in [-0.39, 0.29) is 29.0 Å². The van der Waals surface area contributed by atoms with Crippen LogP contribution in [0.15, 0.2) is 42.7 Å². The Balaban J connectivity index is 1.50. The maximum atomic E-state index is 13.5. The van der Waals surface area contributed by atoms with E-state index < -0.39 is 17.6 Å². The van der Waals surface area contributed by atoms with Crippen molar-refractivity contribution in [2.45, 2.75) is 33.1 Å². The fourth-order valence-electron chi connectivity index (χ4n) is 3.45.